The first-order valence-corrected chi connectivity index (χ1v) is 16.3. The van der Waals surface area contributed by atoms with E-state index in [9.17, 15) is 4.79 Å². The molecule has 4 aromatic heterocycles. The first kappa shape index (κ1) is 28.5. The molecule has 234 valence electrons. The molecule has 45 heavy (non-hydrogen) atoms. The topological polar surface area (TPSA) is 103 Å². The van der Waals surface area contributed by atoms with Gasteiger partial charge in [0.25, 0.3) is 5.91 Å². The minimum Gasteiger partial charge on any atom is -0.368 e. The lowest BCUT2D eigenvalue weighted by Gasteiger charge is -2.57. The molecule has 10 nitrogen and oxygen atoms in total. The second kappa shape index (κ2) is 10.5. The lowest BCUT2D eigenvalue weighted by Crippen LogP contribution is -2.56. The highest BCUT2D eigenvalue weighted by Gasteiger charge is 2.60. The highest BCUT2D eigenvalue weighted by molar-refractivity contribution is 6.06. The Morgan fingerprint density at radius 3 is 2.64 bits per heavy atom. The quantitative estimate of drug-likeness (QED) is 0.249. The van der Waals surface area contributed by atoms with E-state index in [4.69, 9.17) is 14.5 Å². The molecule has 1 saturated heterocycles. The highest BCUT2D eigenvalue weighted by atomic mass is 16.5. The molecule has 1 amide bonds. The number of rotatable bonds is 7. The monoisotopic (exact) mass is 607 g/mol. The zero-order valence-corrected chi connectivity index (χ0v) is 26.6. The van der Waals surface area contributed by atoms with Gasteiger partial charge in [-0.15, -0.1) is 0 Å². The van der Waals surface area contributed by atoms with E-state index in [2.05, 4.69) is 40.3 Å². The van der Waals surface area contributed by atoms with Crippen LogP contribution < -0.4 is 0 Å². The summed E-state index contributed by atoms with van der Waals surface area (Å²) in [6.07, 6.45) is 13.1. The van der Waals surface area contributed by atoms with Crippen molar-refractivity contribution in [2.24, 2.45) is 19.5 Å². The normalized spacial score (nSPS) is 19.1. The van der Waals surface area contributed by atoms with Crippen molar-refractivity contribution in [2.45, 2.75) is 70.7 Å². The highest BCUT2D eigenvalue weighted by Crippen LogP contribution is 2.65. The van der Waals surface area contributed by atoms with Gasteiger partial charge in [0.1, 0.15) is 11.8 Å². The molecule has 0 bridgehead atoms. The van der Waals surface area contributed by atoms with Gasteiger partial charge in [-0.1, -0.05) is 19.9 Å². The number of aromatic amines is 1. The molecule has 1 aromatic carbocycles. The van der Waals surface area contributed by atoms with Gasteiger partial charge in [0.05, 0.1) is 35.8 Å². The van der Waals surface area contributed by atoms with E-state index >= 15 is 0 Å². The number of amides is 1. The SMILES string of the molecule is CCCOC(CC)C(=O)N1CCC2(CC1)CC1(C2)OCc2cnc3[nH]c(-c4cnn(C)c4)c(-c4ccc5c(cnn5C)c4)c3c21. The zero-order valence-electron chi connectivity index (χ0n) is 26.6. The molecule has 1 aliphatic carbocycles. The van der Waals surface area contributed by atoms with E-state index in [1.807, 2.05) is 60.1 Å². The van der Waals surface area contributed by atoms with E-state index in [-0.39, 0.29) is 23.0 Å². The first-order valence-electron chi connectivity index (χ1n) is 16.3. The largest absolute Gasteiger partial charge is 0.368 e. The predicted octanol–water partition coefficient (Wildman–Crippen LogP) is 5.85. The standard InChI is InChI=1S/C35H41N7O3/c1-5-13-44-27(6-2)33(43)42-11-9-34(10-12-42)20-35(21-34)30-25(19-45-35)15-36-32-29(30)28(31(39-32)24-17-37-40(3)18-24)22-7-8-26-23(14-22)16-38-41(26)4/h7-8,14-18,27H,5-6,9-13,19-21H2,1-4H3,(H,36,39). The summed E-state index contributed by atoms with van der Waals surface area (Å²) in [5, 5.41) is 11.2. The molecule has 1 atom stereocenters. The Bertz CT molecular complexity index is 1920. The van der Waals surface area contributed by atoms with Crippen LogP contribution in [-0.2, 0) is 40.6 Å². The molecule has 1 saturated carbocycles. The van der Waals surface area contributed by atoms with Crippen molar-refractivity contribution in [1.29, 1.82) is 0 Å². The number of nitrogens with zero attached hydrogens (tertiary/aromatic N) is 6. The van der Waals surface area contributed by atoms with Crippen LogP contribution in [0.3, 0.4) is 0 Å². The van der Waals surface area contributed by atoms with Crippen LogP contribution in [0.4, 0.5) is 0 Å². The Morgan fingerprint density at radius 1 is 1.09 bits per heavy atom. The molecule has 6 heterocycles. The maximum atomic E-state index is 13.2. The van der Waals surface area contributed by atoms with Crippen molar-refractivity contribution in [2.75, 3.05) is 19.7 Å². The van der Waals surface area contributed by atoms with Crippen molar-refractivity contribution in [3.05, 3.63) is 54.1 Å². The molecule has 5 aromatic rings. The average molecular weight is 608 g/mol. The number of pyridine rings is 1. The number of likely N-dealkylation sites (tertiary alicyclic amines) is 1. The zero-order chi connectivity index (χ0) is 30.9. The predicted molar refractivity (Wildman–Crippen MR) is 172 cm³/mol. The summed E-state index contributed by atoms with van der Waals surface area (Å²) in [4.78, 5) is 23.9. The third-order valence-electron chi connectivity index (χ3n) is 10.5. The molecule has 0 radical (unpaired) electrons. The van der Waals surface area contributed by atoms with Crippen molar-refractivity contribution in [1.82, 2.24) is 34.4 Å². The Balaban J connectivity index is 1.16. The van der Waals surface area contributed by atoms with Gasteiger partial charge in [0.2, 0.25) is 0 Å². The van der Waals surface area contributed by atoms with Crippen molar-refractivity contribution in [3.8, 4) is 22.4 Å². The molecule has 8 rings (SSSR count). The molecule has 1 N–H and O–H groups in total. The molecule has 3 aliphatic rings. The molecule has 1 unspecified atom stereocenters. The second-order valence-electron chi connectivity index (χ2n) is 13.4. The molecule has 2 aliphatic heterocycles. The number of benzene rings is 1. The Morgan fingerprint density at radius 2 is 1.91 bits per heavy atom. The van der Waals surface area contributed by atoms with E-state index in [0.29, 0.717) is 19.6 Å². The van der Waals surface area contributed by atoms with Crippen LogP contribution in [0.15, 0.2) is 43.0 Å². The minimum atomic E-state index is -0.347. The maximum absolute atomic E-state index is 13.2. The molecule has 2 fully saturated rings. The van der Waals surface area contributed by atoms with Crippen molar-refractivity contribution >= 4 is 27.8 Å². The molecular formula is C35H41N7O3. The van der Waals surface area contributed by atoms with Crippen LogP contribution in [0.2, 0.25) is 0 Å². The summed E-state index contributed by atoms with van der Waals surface area (Å²) in [6, 6.07) is 6.57. The number of piperidine rings is 1. The van der Waals surface area contributed by atoms with Crippen molar-refractivity contribution < 1.29 is 14.3 Å². The van der Waals surface area contributed by atoms with Gasteiger partial charge in [-0.05, 0) is 61.6 Å². The summed E-state index contributed by atoms with van der Waals surface area (Å²) in [5.41, 5.74) is 8.54. The van der Waals surface area contributed by atoms with Crippen LogP contribution in [0.25, 0.3) is 44.3 Å². The van der Waals surface area contributed by atoms with Gasteiger partial charge in [0, 0.05) is 79.2 Å². The number of hydrogen-bond donors (Lipinski definition) is 1. The van der Waals surface area contributed by atoms with E-state index in [1.54, 1.807) is 0 Å². The van der Waals surface area contributed by atoms with Gasteiger partial charge in [-0.25, -0.2) is 4.98 Å². The number of nitrogens with one attached hydrogen (secondary N) is 1. The minimum absolute atomic E-state index is 0.149. The number of carbonyl (C=O) groups is 1. The van der Waals surface area contributed by atoms with Gasteiger partial charge in [-0.3, -0.25) is 14.2 Å². The number of H-pyrrole nitrogens is 1. The maximum Gasteiger partial charge on any atom is 0.251 e. The molecular weight excluding hydrogens is 566 g/mol. The number of aryl methyl sites for hydroxylation is 2. The van der Waals surface area contributed by atoms with Crippen LogP contribution >= 0.6 is 0 Å². The van der Waals surface area contributed by atoms with Crippen LogP contribution in [-0.4, -0.2) is 66.1 Å². The van der Waals surface area contributed by atoms with E-state index in [1.165, 1.54) is 11.1 Å². The van der Waals surface area contributed by atoms with Gasteiger partial charge in [-0.2, -0.15) is 10.2 Å². The summed E-state index contributed by atoms with van der Waals surface area (Å²) in [7, 11) is 3.92. The smallest absolute Gasteiger partial charge is 0.251 e. The second-order valence-corrected chi connectivity index (χ2v) is 13.4. The lowest BCUT2D eigenvalue weighted by molar-refractivity contribution is -0.186. The number of fused-ring (bicyclic) bond motifs is 5. The summed E-state index contributed by atoms with van der Waals surface area (Å²) in [6.45, 7) is 6.88. The fourth-order valence-corrected chi connectivity index (χ4v) is 8.31. The fraction of sp³-hybridized carbons (Fsp3) is 0.486. The molecule has 10 heteroatoms. The Kier molecular flexibility index (Phi) is 6.65. The van der Waals surface area contributed by atoms with E-state index < -0.39 is 0 Å². The number of carbonyl (C=O) groups excluding carboxylic acids is 1. The third-order valence-corrected chi connectivity index (χ3v) is 10.5. The fourth-order valence-electron chi connectivity index (χ4n) is 8.31. The summed E-state index contributed by atoms with van der Waals surface area (Å²) in [5.74, 6) is 0.149. The number of aromatic nitrogens is 6. The Hall–Kier alpha value is -4.02. The average Bonchev–Trinajstić information content (AvgIpc) is 3.81. The lowest BCUT2D eigenvalue weighted by atomic mass is 9.53. The van der Waals surface area contributed by atoms with Crippen molar-refractivity contribution in [3.63, 3.8) is 0 Å². The van der Waals surface area contributed by atoms with E-state index in [0.717, 1.165) is 89.5 Å². The molecule has 2 spiro atoms. The van der Waals surface area contributed by atoms with Crippen LogP contribution in [0, 0.1) is 5.41 Å². The van der Waals surface area contributed by atoms with Gasteiger partial charge in [0.15, 0.2) is 0 Å². The van der Waals surface area contributed by atoms with Gasteiger partial charge >= 0.3 is 0 Å². The first-order chi connectivity index (χ1) is 21.8. The Labute approximate surface area is 262 Å². The summed E-state index contributed by atoms with van der Waals surface area (Å²) < 4.78 is 16.4. The number of ether oxygens (including phenoxy) is 2. The van der Waals surface area contributed by atoms with Crippen LogP contribution in [0.5, 0.6) is 0 Å². The van der Waals surface area contributed by atoms with Crippen LogP contribution in [0.1, 0.15) is 63.5 Å². The number of hydrogen-bond acceptors (Lipinski definition) is 6. The summed E-state index contributed by atoms with van der Waals surface area (Å²) >= 11 is 0. The third kappa shape index (κ3) is 4.44. The van der Waals surface area contributed by atoms with Gasteiger partial charge < -0.3 is 19.4 Å².